The van der Waals surface area contributed by atoms with Crippen molar-refractivity contribution in [2.45, 2.75) is 13.0 Å². The van der Waals surface area contributed by atoms with Crippen LogP contribution in [0, 0.1) is 0 Å². The topological polar surface area (TPSA) is 74.1 Å². The van der Waals surface area contributed by atoms with E-state index in [0.29, 0.717) is 28.1 Å². The molecular formula is C23H21Cl2N5O2. The van der Waals surface area contributed by atoms with E-state index < -0.39 is 0 Å². The molecule has 0 bridgehead atoms. The van der Waals surface area contributed by atoms with Gasteiger partial charge in [-0.25, -0.2) is 0 Å². The van der Waals surface area contributed by atoms with E-state index in [1.165, 1.54) is 4.68 Å². The Morgan fingerprint density at radius 1 is 0.969 bits per heavy atom. The summed E-state index contributed by atoms with van der Waals surface area (Å²) in [6.07, 6.45) is 0.802. The summed E-state index contributed by atoms with van der Waals surface area (Å²) in [5, 5.41) is 16.4. The van der Waals surface area contributed by atoms with Crippen LogP contribution in [0.4, 0.5) is 0 Å². The van der Waals surface area contributed by atoms with Gasteiger partial charge < -0.3 is 14.8 Å². The SMILES string of the molecule is COc1cc(CNCCc2ccc(Cl)cc2Cl)ccc1Oc1nnnn1-c1ccccc1. The van der Waals surface area contributed by atoms with Gasteiger partial charge in [0.15, 0.2) is 11.5 Å². The van der Waals surface area contributed by atoms with Crippen molar-refractivity contribution in [2.24, 2.45) is 0 Å². The Balaban J connectivity index is 1.39. The average molecular weight is 470 g/mol. The lowest BCUT2D eigenvalue weighted by molar-refractivity contribution is 0.362. The van der Waals surface area contributed by atoms with E-state index in [2.05, 4.69) is 20.8 Å². The summed E-state index contributed by atoms with van der Waals surface area (Å²) in [7, 11) is 1.60. The van der Waals surface area contributed by atoms with Crippen LogP contribution < -0.4 is 14.8 Å². The average Bonchev–Trinajstić information content (AvgIpc) is 3.27. The highest BCUT2D eigenvalue weighted by Crippen LogP contribution is 2.32. The fourth-order valence-electron chi connectivity index (χ4n) is 3.16. The lowest BCUT2D eigenvalue weighted by atomic mass is 10.1. The fourth-order valence-corrected chi connectivity index (χ4v) is 3.66. The molecule has 3 aromatic carbocycles. The number of rotatable bonds is 9. The third-order valence-electron chi connectivity index (χ3n) is 4.79. The van der Waals surface area contributed by atoms with Gasteiger partial charge in [-0.15, -0.1) is 0 Å². The molecule has 0 spiro atoms. The molecule has 1 aromatic heterocycles. The Kier molecular flexibility index (Phi) is 7.21. The number of para-hydroxylation sites is 1. The Morgan fingerprint density at radius 3 is 2.59 bits per heavy atom. The number of halogens is 2. The minimum Gasteiger partial charge on any atom is -0.493 e. The maximum absolute atomic E-state index is 6.23. The fraction of sp³-hybridized carbons (Fsp3) is 0.174. The predicted molar refractivity (Wildman–Crippen MR) is 124 cm³/mol. The maximum atomic E-state index is 6.23. The first-order valence-electron chi connectivity index (χ1n) is 9.97. The van der Waals surface area contributed by atoms with Crippen molar-refractivity contribution < 1.29 is 9.47 Å². The quantitative estimate of drug-likeness (QED) is 0.343. The first kappa shape index (κ1) is 22.1. The number of tetrazole rings is 1. The zero-order valence-electron chi connectivity index (χ0n) is 17.3. The molecule has 0 fully saturated rings. The molecule has 0 atom stereocenters. The van der Waals surface area contributed by atoms with E-state index in [9.17, 15) is 0 Å². The second kappa shape index (κ2) is 10.5. The van der Waals surface area contributed by atoms with Crippen LogP contribution in [-0.4, -0.2) is 33.9 Å². The molecule has 0 unspecified atom stereocenters. The molecule has 7 nitrogen and oxygen atoms in total. The van der Waals surface area contributed by atoms with Gasteiger partial charge in [-0.2, -0.15) is 4.68 Å². The number of hydrogen-bond donors (Lipinski definition) is 1. The molecule has 32 heavy (non-hydrogen) atoms. The van der Waals surface area contributed by atoms with Gasteiger partial charge in [0.2, 0.25) is 0 Å². The molecule has 0 saturated carbocycles. The van der Waals surface area contributed by atoms with Crippen molar-refractivity contribution in [3.05, 3.63) is 87.9 Å². The van der Waals surface area contributed by atoms with Crippen LogP contribution in [0.5, 0.6) is 17.5 Å². The van der Waals surface area contributed by atoms with Gasteiger partial charge in [-0.05, 0) is 70.9 Å². The van der Waals surface area contributed by atoms with Gasteiger partial charge >= 0.3 is 6.01 Å². The number of benzene rings is 3. The normalized spacial score (nSPS) is 10.8. The predicted octanol–water partition coefficient (Wildman–Crippen LogP) is 5.10. The Morgan fingerprint density at radius 2 is 1.81 bits per heavy atom. The van der Waals surface area contributed by atoms with Gasteiger partial charge in [0.25, 0.3) is 0 Å². The van der Waals surface area contributed by atoms with Crippen LogP contribution in [0.15, 0.2) is 66.7 Å². The number of nitrogens with zero attached hydrogens (tertiary/aromatic N) is 4. The molecule has 1 N–H and O–H groups in total. The molecule has 0 amide bonds. The summed E-state index contributed by atoms with van der Waals surface area (Å²) in [4.78, 5) is 0. The van der Waals surface area contributed by atoms with Gasteiger partial charge in [-0.1, -0.05) is 58.6 Å². The van der Waals surface area contributed by atoms with E-state index in [4.69, 9.17) is 32.7 Å². The third kappa shape index (κ3) is 5.37. The molecule has 164 valence electrons. The zero-order chi connectivity index (χ0) is 22.3. The Hall–Kier alpha value is -3.13. The summed E-state index contributed by atoms with van der Waals surface area (Å²) in [6, 6.07) is 21.1. The second-order valence-electron chi connectivity index (χ2n) is 6.96. The molecule has 1 heterocycles. The van der Waals surface area contributed by atoms with Crippen LogP contribution in [0.3, 0.4) is 0 Å². The number of methoxy groups -OCH3 is 1. The zero-order valence-corrected chi connectivity index (χ0v) is 18.8. The molecule has 4 rings (SSSR count). The largest absolute Gasteiger partial charge is 0.493 e. The van der Waals surface area contributed by atoms with Gasteiger partial charge in [0.1, 0.15) is 0 Å². The first-order chi connectivity index (χ1) is 15.6. The summed E-state index contributed by atoms with van der Waals surface area (Å²) in [6.45, 7) is 1.44. The monoisotopic (exact) mass is 469 g/mol. The molecule has 0 aliphatic rings. The number of hydrogen-bond acceptors (Lipinski definition) is 6. The molecule has 0 aliphatic heterocycles. The Labute approximate surface area is 195 Å². The highest BCUT2D eigenvalue weighted by atomic mass is 35.5. The van der Waals surface area contributed by atoms with Gasteiger partial charge in [0, 0.05) is 16.6 Å². The van der Waals surface area contributed by atoms with Crippen molar-refractivity contribution >= 4 is 23.2 Å². The van der Waals surface area contributed by atoms with Crippen LogP contribution in [-0.2, 0) is 13.0 Å². The second-order valence-corrected chi connectivity index (χ2v) is 7.80. The summed E-state index contributed by atoms with van der Waals surface area (Å²) in [5.41, 5.74) is 2.91. The minimum atomic E-state index is 0.250. The van der Waals surface area contributed by atoms with Crippen LogP contribution >= 0.6 is 23.2 Å². The van der Waals surface area contributed by atoms with Crippen molar-refractivity contribution in [3.8, 4) is 23.2 Å². The van der Waals surface area contributed by atoms with Crippen LogP contribution in [0.1, 0.15) is 11.1 Å². The van der Waals surface area contributed by atoms with E-state index in [-0.39, 0.29) is 6.01 Å². The van der Waals surface area contributed by atoms with E-state index in [1.807, 2.05) is 60.7 Å². The summed E-state index contributed by atoms with van der Waals surface area (Å²) < 4.78 is 13.0. The number of nitrogens with one attached hydrogen (secondary N) is 1. The molecule has 4 aromatic rings. The minimum absolute atomic E-state index is 0.250. The first-order valence-corrected chi connectivity index (χ1v) is 10.7. The van der Waals surface area contributed by atoms with E-state index >= 15 is 0 Å². The van der Waals surface area contributed by atoms with Crippen molar-refractivity contribution in [1.29, 1.82) is 0 Å². The molecular weight excluding hydrogens is 449 g/mol. The van der Waals surface area contributed by atoms with Gasteiger partial charge in [-0.3, -0.25) is 0 Å². The van der Waals surface area contributed by atoms with E-state index in [0.717, 1.165) is 29.8 Å². The molecule has 0 saturated heterocycles. The number of aromatic nitrogens is 4. The van der Waals surface area contributed by atoms with Crippen LogP contribution in [0.25, 0.3) is 5.69 Å². The molecule has 9 heteroatoms. The lowest BCUT2D eigenvalue weighted by Gasteiger charge is -2.12. The standard InChI is InChI=1S/C23H21Cl2N5O2/c1-31-22-13-16(15-26-12-11-17-8-9-18(24)14-20(17)25)7-10-21(22)32-23-27-28-29-30(23)19-5-3-2-4-6-19/h2-10,13-14,26H,11-12,15H2,1H3. The summed E-state index contributed by atoms with van der Waals surface area (Å²) >= 11 is 12.2. The van der Waals surface area contributed by atoms with Crippen LogP contribution in [0.2, 0.25) is 10.0 Å². The lowest BCUT2D eigenvalue weighted by Crippen LogP contribution is -2.16. The van der Waals surface area contributed by atoms with Crippen molar-refractivity contribution in [2.75, 3.05) is 13.7 Å². The highest BCUT2D eigenvalue weighted by Gasteiger charge is 2.14. The van der Waals surface area contributed by atoms with Gasteiger partial charge in [0.05, 0.1) is 12.8 Å². The highest BCUT2D eigenvalue weighted by molar-refractivity contribution is 6.35. The number of ether oxygens (including phenoxy) is 2. The maximum Gasteiger partial charge on any atom is 0.346 e. The summed E-state index contributed by atoms with van der Waals surface area (Å²) in [5.74, 6) is 1.11. The van der Waals surface area contributed by atoms with Crippen molar-refractivity contribution in [1.82, 2.24) is 25.5 Å². The van der Waals surface area contributed by atoms with Crippen molar-refractivity contribution in [3.63, 3.8) is 0 Å². The molecule has 0 aliphatic carbocycles. The smallest absolute Gasteiger partial charge is 0.346 e. The Bertz CT molecular complexity index is 1180. The van der Waals surface area contributed by atoms with E-state index in [1.54, 1.807) is 13.2 Å². The molecule has 0 radical (unpaired) electrons. The third-order valence-corrected chi connectivity index (χ3v) is 5.37.